The van der Waals surface area contributed by atoms with Crippen molar-refractivity contribution in [2.24, 2.45) is 0 Å². The number of anilines is 2. The van der Waals surface area contributed by atoms with Gasteiger partial charge in [-0.25, -0.2) is 4.98 Å². The Balaban J connectivity index is 2.01. The Kier molecular flexibility index (Phi) is 4.69. The third kappa shape index (κ3) is 3.54. The van der Waals surface area contributed by atoms with Crippen molar-refractivity contribution in [3.63, 3.8) is 0 Å². The van der Waals surface area contributed by atoms with E-state index < -0.39 is 0 Å². The highest BCUT2D eigenvalue weighted by molar-refractivity contribution is 6.33. The minimum atomic E-state index is 0.618. The molecule has 0 aliphatic heterocycles. The lowest BCUT2D eigenvalue weighted by Gasteiger charge is -2.15. The highest BCUT2D eigenvalue weighted by atomic mass is 35.5. The number of halogens is 1. The molecule has 20 heavy (non-hydrogen) atoms. The van der Waals surface area contributed by atoms with Gasteiger partial charge in [0.05, 0.1) is 17.8 Å². The number of aromatic nitrogens is 1. The predicted molar refractivity (Wildman–Crippen MR) is 83.9 cm³/mol. The minimum absolute atomic E-state index is 0.618. The molecular formula is C15H18ClN3O. The van der Waals surface area contributed by atoms with Crippen LogP contribution in [0.1, 0.15) is 5.56 Å². The number of nitrogens with zero attached hydrogens (tertiary/aromatic N) is 2. The maximum Gasteiger partial charge on any atom is 0.212 e. The Morgan fingerprint density at radius 1 is 1.25 bits per heavy atom. The fraction of sp³-hybridized carbons (Fsp3) is 0.267. The van der Waals surface area contributed by atoms with Gasteiger partial charge in [0.25, 0.3) is 0 Å². The summed E-state index contributed by atoms with van der Waals surface area (Å²) in [6.07, 6.45) is 1.79. The maximum atomic E-state index is 6.24. The Labute approximate surface area is 124 Å². The summed E-state index contributed by atoms with van der Waals surface area (Å²) >= 11 is 6.24. The van der Waals surface area contributed by atoms with Gasteiger partial charge in [0.15, 0.2) is 0 Å². The molecule has 0 saturated carbocycles. The second-order valence-electron chi connectivity index (χ2n) is 4.62. The molecule has 0 amide bonds. The van der Waals surface area contributed by atoms with Crippen LogP contribution in [0, 0.1) is 0 Å². The second kappa shape index (κ2) is 6.48. The van der Waals surface area contributed by atoms with Gasteiger partial charge in [-0.1, -0.05) is 17.7 Å². The van der Waals surface area contributed by atoms with E-state index in [0.29, 0.717) is 12.4 Å². The molecule has 0 spiro atoms. The highest BCUT2D eigenvalue weighted by Crippen LogP contribution is 2.27. The number of methoxy groups -OCH3 is 1. The zero-order valence-corrected chi connectivity index (χ0v) is 12.6. The molecule has 0 radical (unpaired) electrons. The predicted octanol–water partition coefficient (Wildman–Crippen LogP) is 3.42. The lowest BCUT2D eigenvalue weighted by Crippen LogP contribution is -2.09. The summed E-state index contributed by atoms with van der Waals surface area (Å²) in [5, 5.41) is 4.05. The van der Waals surface area contributed by atoms with Gasteiger partial charge in [-0.05, 0) is 23.8 Å². The van der Waals surface area contributed by atoms with Gasteiger partial charge in [0, 0.05) is 38.6 Å². The van der Waals surface area contributed by atoms with Crippen LogP contribution in [0.25, 0.3) is 0 Å². The van der Waals surface area contributed by atoms with Crippen molar-refractivity contribution in [1.29, 1.82) is 0 Å². The highest BCUT2D eigenvalue weighted by Gasteiger charge is 2.03. The fourth-order valence-corrected chi connectivity index (χ4v) is 2.17. The van der Waals surface area contributed by atoms with E-state index in [0.717, 1.165) is 22.0 Å². The molecule has 0 aliphatic carbocycles. The number of ether oxygens (including phenoxy) is 1. The topological polar surface area (TPSA) is 37.4 Å². The van der Waals surface area contributed by atoms with Crippen LogP contribution < -0.4 is 15.0 Å². The average molecular weight is 292 g/mol. The van der Waals surface area contributed by atoms with Gasteiger partial charge in [-0.2, -0.15) is 0 Å². The molecule has 1 aromatic carbocycles. The smallest absolute Gasteiger partial charge is 0.212 e. The number of rotatable bonds is 5. The summed E-state index contributed by atoms with van der Waals surface area (Å²) in [5.41, 5.74) is 3.07. The minimum Gasteiger partial charge on any atom is -0.481 e. The van der Waals surface area contributed by atoms with E-state index in [4.69, 9.17) is 16.3 Å². The molecule has 0 unspecified atom stereocenters. The van der Waals surface area contributed by atoms with Gasteiger partial charge in [-0.15, -0.1) is 0 Å². The molecular weight excluding hydrogens is 274 g/mol. The molecule has 0 fully saturated rings. The van der Waals surface area contributed by atoms with E-state index >= 15 is 0 Å². The van der Waals surface area contributed by atoms with E-state index in [1.165, 1.54) is 0 Å². The lowest BCUT2D eigenvalue weighted by atomic mass is 10.2. The number of hydrogen-bond donors (Lipinski definition) is 1. The van der Waals surface area contributed by atoms with E-state index in [1.807, 2.05) is 49.3 Å². The van der Waals surface area contributed by atoms with Crippen molar-refractivity contribution < 1.29 is 4.74 Å². The molecule has 1 aromatic heterocycles. The van der Waals surface area contributed by atoms with E-state index in [1.54, 1.807) is 13.3 Å². The second-order valence-corrected chi connectivity index (χ2v) is 5.03. The molecule has 106 valence electrons. The molecule has 0 aliphatic rings. The standard InChI is InChI=1S/C15H18ClN3O/c1-19(2)14-6-5-12(8-13(14)16)17-9-11-4-7-15(20-3)18-10-11/h4-8,10,17H,9H2,1-3H3. The Bertz CT molecular complexity index is 570. The Morgan fingerprint density at radius 2 is 2.05 bits per heavy atom. The van der Waals surface area contributed by atoms with Crippen LogP contribution in [0.5, 0.6) is 5.88 Å². The molecule has 2 aromatic rings. The van der Waals surface area contributed by atoms with Crippen molar-refractivity contribution in [3.8, 4) is 5.88 Å². The largest absolute Gasteiger partial charge is 0.481 e. The Hall–Kier alpha value is -1.94. The monoisotopic (exact) mass is 291 g/mol. The first kappa shape index (κ1) is 14.5. The van der Waals surface area contributed by atoms with Gasteiger partial charge in [0.1, 0.15) is 0 Å². The van der Waals surface area contributed by atoms with Crippen molar-refractivity contribution in [1.82, 2.24) is 4.98 Å². The lowest BCUT2D eigenvalue weighted by molar-refractivity contribution is 0.397. The summed E-state index contributed by atoms with van der Waals surface area (Å²) in [7, 11) is 5.54. The molecule has 2 rings (SSSR count). The quantitative estimate of drug-likeness (QED) is 0.916. The first-order chi connectivity index (χ1) is 9.60. The van der Waals surface area contributed by atoms with Crippen LogP contribution in [0.15, 0.2) is 36.5 Å². The Morgan fingerprint density at radius 3 is 2.60 bits per heavy atom. The molecule has 1 heterocycles. The number of benzene rings is 1. The molecule has 4 nitrogen and oxygen atoms in total. The van der Waals surface area contributed by atoms with Crippen LogP contribution in [-0.2, 0) is 6.54 Å². The van der Waals surface area contributed by atoms with Gasteiger partial charge >= 0.3 is 0 Å². The van der Waals surface area contributed by atoms with E-state index in [-0.39, 0.29) is 0 Å². The molecule has 0 saturated heterocycles. The SMILES string of the molecule is COc1ccc(CNc2ccc(N(C)C)c(Cl)c2)cn1. The fourth-order valence-electron chi connectivity index (χ4n) is 1.82. The number of pyridine rings is 1. The molecule has 5 heteroatoms. The summed E-state index contributed by atoms with van der Waals surface area (Å²) in [6, 6.07) is 9.76. The number of hydrogen-bond acceptors (Lipinski definition) is 4. The zero-order valence-electron chi connectivity index (χ0n) is 11.9. The third-order valence-corrected chi connectivity index (χ3v) is 3.24. The molecule has 0 bridgehead atoms. The van der Waals surface area contributed by atoms with Crippen LogP contribution in [0.4, 0.5) is 11.4 Å². The first-order valence-electron chi connectivity index (χ1n) is 6.30. The van der Waals surface area contributed by atoms with Crippen molar-refractivity contribution in [3.05, 3.63) is 47.1 Å². The molecule has 0 atom stereocenters. The van der Waals surface area contributed by atoms with Gasteiger partial charge < -0.3 is 15.0 Å². The summed E-state index contributed by atoms with van der Waals surface area (Å²) in [4.78, 5) is 6.15. The molecule has 1 N–H and O–H groups in total. The first-order valence-corrected chi connectivity index (χ1v) is 6.67. The summed E-state index contributed by atoms with van der Waals surface area (Å²) in [5.74, 6) is 0.618. The van der Waals surface area contributed by atoms with Crippen molar-refractivity contribution >= 4 is 23.0 Å². The third-order valence-electron chi connectivity index (χ3n) is 2.93. The zero-order chi connectivity index (χ0) is 14.5. The van der Waals surface area contributed by atoms with Crippen LogP contribution in [-0.4, -0.2) is 26.2 Å². The number of nitrogens with one attached hydrogen (secondary N) is 1. The summed E-state index contributed by atoms with van der Waals surface area (Å²) < 4.78 is 5.03. The average Bonchev–Trinajstić information content (AvgIpc) is 2.45. The van der Waals surface area contributed by atoms with Crippen LogP contribution >= 0.6 is 11.6 Å². The van der Waals surface area contributed by atoms with Crippen molar-refractivity contribution in [2.45, 2.75) is 6.54 Å². The maximum absolute atomic E-state index is 6.24. The van der Waals surface area contributed by atoms with Gasteiger partial charge in [0.2, 0.25) is 5.88 Å². The van der Waals surface area contributed by atoms with E-state index in [2.05, 4.69) is 10.3 Å². The van der Waals surface area contributed by atoms with Crippen molar-refractivity contribution in [2.75, 3.05) is 31.4 Å². The van der Waals surface area contributed by atoms with E-state index in [9.17, 15) is 0 Å². The summed E-state index contributed by atoms with van der Waals surface area (Å²) in [6.45, 7) is 0.689. The van der Waals surface area contributed by atoms with Gasteiger partial charge in [-0.3, -0.25) is 0 Å². The normalized spacial score (nSPS) is 10.2. The van der Waals surface area contributed by atoms with Crippen LogP contribution in [0.2, 0.25) is 5.02 Å². The van der Waals surface area contributed by atoms with Crippen LogP contribution in [0.3, 0.4) is 0 Å².